The molecule has 1 aliphatic heterocycles. The minimum absolute atomic E-state index is 0.261. The third-order valence-electron chi connectivity index (χ3n) is 2.47. The molecule has 17 heavy (non-hydrogen) atoms. The summed E-state index contributed by atoms with van der Waals surface area (Å²) in [5.41, 5.74) is 0. The van der Waals surface area contributed by atoms with Crippen LogP contribution in [0.5, 0.6) is 0 Å². The molecule has 0 radical (unpaired) electrons. The standard InChI is InChI=1S/C10H10Br2N2O2S/c1-7-13-4-5-14(7)17(15,16)10-3-2-8(11)6-9(10)12/h2-3,6H,4-5H2,1H3. The van der Waals surface area contributed by atoms with E-state index in [4.69, 9.17) is 0 Å². The van der Waals surface area contributed by atoms with Gasteiger partial charge in [-0.15, -0.1) is 0 Å². The average molecular weight is 382 g/mol. The number of rotatable bonds is 2. The van der Waals surface area contributed by atoms with Gasteiger partial charge in [-0.3, -0.25) is 9.30 Å². The van der Waals surface area contributed by atoms with Gasteiger partial charge >= 0.3 is 0 Å². The highest BCUT2D eigenvalue weighted by molar-refractivity contribution is 9.11. The van der Waals surface area contributed by atoms with Crippen LogP contribution < -0.4 is 0 Å². The summed E-state index contributed by atoms with van der Waals surface area (Å²) in [6.45, 7) is 2.65. The van der Waals surface area contributed by atoms with Crippen LogP contribution in [-0.2, 0) is 10.0 Å². The van der Waals surface area contributed by atoms with E-state index in [2.05, 4.69) is 36.9 Å². The second-order valence-corrected chi connectivity index (χ2v) is 7.18. The van der Waals surface area contributed by atoms with Crippen molar-refractivity contribution in [2.75, 3.05) is 13.1 Å². The zero-order valence-corrected chi connectivity index (χ0v) is 13.0. The van der Waals surface area contributed by atoms with E-state index in [-0.39, 0.29) is 4.90 Å². The van der Waals surface area contributed by atoms with E-state index in [9.17, 15) is 8.42 Å². The Hall–Kier alpha value is -0.400. The predicted molar refractivity (Wildman–Crippen MR) is 73.7 cm³/mol. The molecule has 1 aromatic rings. The normalized spacial score (nSPS) is 16.2. The lowest BCUT2D eigenvalue weighted by atomic mass is 10.4. The lowest BCUT2D eigenvalue weighted by molar-refractivity contribution is 0.536. The van der Waals surface area contributed by atoms with Crippen LogP contribution in [0.15, 0.2) is 37.0 Å². The van der Waals surface area contributed by atoms with Crippen molar-refractivity contribution in [3.8, 4) is 0 Å². The molecule has 0 saturated carbocycles. The third-order valence-corrected chi connectivity index (χ3v) is 5.82. The highest BCUT2D eigenvalue weighted by Gasteiger charge is 2.29. The van der Waals surface area contributed by atoms with Gasteiger partial charge in [0, 0.05) is 8.95 Å². The van der Waals surface area contributed by atoms with E-state index >= 15 is 0 Å². The fourth-order valence-electron chi connectivity index (χ4n) is 1.64. The number of sulfonamides is 1. The zero-order valence-electron chi connectivity index (χ0n) is 9.02. The van der Waals surface area contributed by atoms with E-state index in [1.807, 2.05) is 0 Å². The summed E-state index contributed by atoms with van der Waals surface area (Å²) in [6.07, 6.45) is 0. The van der Waals surface area contributed by atoms with Crippen LogP contribution in [0.2, 0.25) is 0 Å². The minimum Gasteiger partial charge on any atom is -0.270 e. The Labute approximate surface area is 117 Å². The quantitative estimate of drug-likeness (QED) is 0.790. The van der Waals surface area contributed by atoms with Crippen molar-refractivity contribution in [3.63, 3.8) is 0 Å². The largest absolute Gasteiger partial charge is 0.270 e. The van der Waals surface area contributed by atoms with Crippen molar-refractivity contribution >= 4 is 47.7 Å². The first kappa shape index (κ1) is 13.0. The predicted octanol–water partition coefficient (Wildman–Crippen LogP) is 2.63. The molecule has 7 heteroatoms. The lowest BCUT2D eigenvalue weighted by Crippen LogP contribution is -2.33. The summed E-state index contributed by atoms with van der Waals surface area (Å²) in [7, 11) is -3.50. The van der Waals surface area contributed by atoms with Crippen LogP contribution in [0.3, 0.4) is 0 Å². The molecule has 0 bridgehead atoms. The van der Waals surface area contributed by atoms with Crippen molar-refractivity contribution < 1.29 is 8.42 Å². The van der Waals surface area contributed by atoms with Gasteiger partial charge in [0.05, 0.1) is 13.1 Å². The van der Waals surface area contributed by atoms with E-state index < -0.39 is 10.0 Å². The Kier molecular flexibility index (Phi) is 3.61. The van der Waals surface area contributed by atoms with Crippen LogP contribution in [0.1, 0.15) is 6.92 Å². The third kappa shape index (κ3) is 2.41. The van der Waals surface area contributed by atoms with Crippen molar-refractivity contribution in [3.05, 3.63) is 27.1 Å². The van der Waals surface area contributed by atoms with Gasteiger partial charge < -0.3 is 0 Å². The Morgan fingerprint density at radius 1 is 1.35 bits per heavy atom. The number of amidine groups is 1. The van der Waals surface area contributed by atoms with Gasteiger partial charge in [0.25, 0.3) is 10.0 Å². The van der Waals surface area contributed by atoms with Crippen LogP contribution in [0.25, 0.3) is 0 Å². The first-order valence-electron chi connectivity index (χ1n) is 4.92. The van der Waals surface area contributed by atoms with E-state index in [0.717, 1.165) is 4.47 Å². The molecule has 1 aliphatic rings. The lowest BCUT2D eigenvalue weighted by Gasteiger charge is -2.19. The SMILES string of the molecule is CC1=NCCN1S(=O)(=O)c1ccc(Br)cc1Br. The molecule has 0 aromatic heterocycles. The molecule has 4 nitrogen and oxygen atoms in total. The molecule has 0 unspecified atom stereocenters. The Bertz CT molecular complexity index is 584. The molecular weight excluding hydrogens is 372 g/mol. The van der Waals surface area contributed by atoms with Crippen LogP contribution in [0.4, 0.5) is 0 Å². The fourth-order valence-corrected chi connectivity index (χ4v) is 4.81. The Morgan fingerprint density at radius 3 is 2.59 bits per heavy atom. The van der Waals surface area contributed by atoms with Gasteiger partial charge in [-0.1, -0.05) is 15.9 Å². The van der Waals surface area contributed by atoms with Gasteiger partial charge in [-0.2, -0.15) is 0 Å². The second kappa shape index (κ2) is 4.70. The van der Waals surface area contributed by atoms with Crippen molar-refractivity contribution in [1.82, 2.24) is 4.31 Å². The molecular formula is C10H10Br2N2O2S. The maximum absolute atomic E-state index is 12.4. The number of nitrogens with zero attached hydrogens (tertiary/aromatic N) is 2. The summed E-state index contributed by atoms with van der Waals surface area (Å²) in [4.78, 5) is 4.36. The molecule has 0 fully saturated rings. The second-order valence-electron chi connectivity index (χ2n) is 3.58. The molecule has 0 atom stereocenters. The van der Waals surface area contributed by atoms with Gasteiger partial charge in [-0.25, -0.2) is 8.42 Å². The van der Waals surface area contributed by atoms with Crippen LogP contribution in [0, 0.1) is 0 Å². The average Bonchev–Trinajstić information content (AvgIpc) is 2.64. The molecule has 2 rings (SSSR count). The smallest absolute Gasteiger partial charge is 0.266 e. The number of halogens is 2. The number of hydrogen-bond acceptors (Lipinski definition) is 3. The molecule has 1 heterocycles. The van der Waals surface area contributed by atoms with Crippen molar-refractivity contribution in [1.29, 1.82) is 0 Å². The molecule has 0 N–H and O–H groups in total. The summed E-state index contributed by atoms with van der Waals surface area (Å²) in [5, 5.41) is 0. The van der Waals surface area contributed by atoms with Gasteiger partial charge in [-0.05, 0) is 41.1 Å². The first-order chi connectivity index (χ1) is 7.93. The number of benzene rings is 1. The van der Waals surface area contributed by atoms with Crippen molar-refractivity contribution in [2.45, 2.75) is 11.8 Å². The van der Waals surface area contributed by atoms with Crippen LogP contribution in [-0.4, -0.2) is 31.6 Å². The molecule has 92 valence electrons. The summed E-state index contributed by atoms with van der Waals surface area (Å²) in [6, 6.07) is 5.00. The zero-order chi connectivity index (χ0) is 12.6. The molecule has 0 saturated heterocycles. The molecule has 0 amide bonds. The van der Waals surface area contributed by atoms with E-state index in [0.29, 0.717) is 23.4 Å². The molecule has 1 aromatic carbocycles. The maximum atomic E-state index is 12.4. The Balaban J connectivity index is 2.49. The van der Waals surface area contributed by atoms with Crippen molar-refractivity contribution in [2.24, 2.45) is 4.99 Å². The van der Waals surface area contributed by atoms with E-state index in [1.54, 1.807) is 25.1 Å². The Morgan fingerprint density at radius 2 is 2.06 bits per heavy atom. The topological polar surface area (TPSA) is 49.7 Å². The number of hydrogen-bond donors (Lipinski definition) is 0. The fraction of sp³-hybridized carbons (Fsp3) is 0.300. The molecule has 0 aliphatic carbocycles. The van der Waals surface area contributed by atoms with Gasteiger partial charge in [0.1, 0.15) is 10.7 Å². The maximum Gasteiger partial charge on any atom is 0.266 e. The van der Waals surface area contributed by atoms with E-state index in [1.165, 1.54) is 4.31 Å². The van der Waals surface area contributed by atoms with Gasteiger partial charge in [0.15, 0.2) is 0 Å². The first-order valence-corrected chi connectivity index (χ1v) is 7.94. The highest BCUT2D eigenvalue weighted by atomic mass is 79.9. The molecule has 0 spiro atoms. The minimum atomic E-state index is -3.50. The number of aliphatic imine (C=N–C) groups is 1. The summed E-state index contributed by atoms with van der Waals surface area (Å²) in [5.74, 6) is 0.541. The monoisotopic (exact) mass is 380 g/mol. The summed E-state index contributed by atoms with van der Waals surface area (Å²) < 4.78 is 27.5. The van der Waals surface area contributed by atoms with Gasteiger partial charge in [0.2, 0.25) is 0 Å². The summed E-state index contributed by atoms with van der Waals surface area (Å²) >= 11 is 6.57. The highest BCUT2D eigenvalue weighted by Crippen LogP contribution is 2.28. The van der Waals surface area contributed by atoms with Crippen LogP contribution >= 0.6 is 31.9 Å².